The smallest absolute Gasteiger partial charge is 0.342 e. The number of carbonyl (C=O) groups is 3. The van der Waals surface area contributed by atoms with E-state index in [2.05, 4.69) is 23.3 Å². The largest absolute Gasteiger partial charge is 0.494 e. The molecule has 3 aromatic rings. The molecule has 8 heteroatoms. The Morgan fingerprint density at radius 1 is 0.915 bits per heavy atom. The van der Waals surface area contributed by atoms with E-state index in [0.717, 1.165) is 67.9 Å². The Morgan fingerprint density at radius 2 is 1.64 bits per heavy atom. The molecular weight excluding hydrogens is 594 g/mol. The van der Waals surface area contributed by atoms with Gasteiger partial charge in [0.15, 0.2) is 0 Å². The van der Waals surface area contributed by atoms with Crippen LogP contribution < -0.4 is 9.47 Å². The minimum Gasteiger partial charge on any atom is -0.494 e. The quantitative estimate of drug-likeness (QED) is 0.0463. The summed E-state index contributed by atoms with van der Waals surface area (Å²) in [4.78, 5) is 40.8. The van der Waals surface area contributed by atoms with Crippen LogP contribution in [0, 0.1) is 24.3 Å². The molecule has 0 radical (unpaired) electrons. The second kappa shape index (κ2) is 17.6. The molecule has 244 valence electrons. The van der Waals surface area contributed by atoms with Crippen LogP contribution in [0.2, 0.25) is 0 Å². The first-order valence-electron chi connectivity index (χ1n) is 16.2. The zero-order valence-corrected chi connectivity index (χ0v) is 27.1. The lowest BCUT2D eigenvalue weighted by Gasteiger charge is -2.26. The monoisotopic (exact) mass is 635 g/mol. The van der Waals surface area contributed by atoms with E-state index in [0.29, 0.717) is 30.8 Å². The average Bonchev–Trinajstić information content (AvgIpc) is 3.08. The molecule has 3 aromatic carbocycles. The Hall–Kier alpha value is -5.08. The van der Waals surface area contributed by atoms with Gasteiger partial charge in [-0.2, -0.15) is 0 Å². The molecule has 1 aliphatic carbocycles. The molecule has 1 fully saturated rings. The molecule has 47 heavy (non-hydrogen) atoms. The van der Waals surface area contributed by atoms with Crippen LogP contribution in [-0.4, -0.2) is 37.2 Å². The van der Waals surface area contributed by atoms with Crippen LogP contribution in [0.25, 0.3) is 15.6 Å². The topological polar surface area (TPSA) is 92.5 Å². The fourth-order valence-corrected chi connectivity index (χ4v) is 5.30. The Bertz CT molecular complexity index is 1710. The highest BCUT2D eigenvalue weighted by atomic mass is 16.5. The number of nitrogens with zero attached hydrogens (tertiary/aromatic N) is 1. The van der Waals surface area contributed by atoms with Gasteiger partial charge in [-0.1, -0.05) is 31.6 Å². The third-order valence-corrected chi connectivity index (χ3v) is 7.84. The number of esters is 3. The Labute approximate surface area is 276 Å². The Morgan fingerprint density at radius 3 is 2.40 bits per heavy atom. The van der Waals surface area contributed by atoms with E-state index < -0.39 is 11.9 Å². The van der Waals surface area contributed by atoms with Gasteiger partial charge in [-0.05, 0) is 112 Å². The molecule has 0 heterocycles. The maximum atomic E-state index is 13.0. The number of benzene rings is 3. The van der Waals surface area contributed by atoms with Gasteiger partial charge in [-0.3, -0.25) is 0 Å². The summed E-state index contributed by atoms with van der Waals surface area (Å²) in [6.07, 6.45) is 7.64. The van der Waals surface area contributed by atoms with Crippen LogP contribution in [0.4, 0.5) is 5.69 Å². The van der Waals surface area contributed by atoms with Crippen LogP contribution >= 0.6 is 0 Å². The highest BCUT2D eigenvalue weighted by molar-refractivity contribution is 5.98. The maximum absolute atomic E-state index is 13.0. The first-order chi connectivity index (χ1) is 22.8. The summed E-state index contributed by atoms with van der Waals surface area (Å²) in [7, 11) is 0. The molecule has 0 aliphatic heterocycles. The molecule has 1 saturated carbocycles. The standard InChI is InChI=1S/C39H41NO7/c1-5-6-12-28-13-11-14-34(23-28)46-38(42)32-18-20-36(35(26-32)40-4)47-39(43)31-16-15-30-25-33(19-17-29(30)24-31)44-21-9-7-8-10-22-45-37(41)27(2)3/h15-20,24-26,28,34H,2,5,7-11,13-14,21-23H2,1,3H3. The summed E-state index contributed by atoms with van der Waals surface area (Å²) < 4.78 is 22.3. The predicted molar refractivity (Wildman–Crippen MR) is 181 cm³/mol. The average molecular weight is 636 g/mol. The number of ether oxygens (including phenoxy) is 4. The first-order valence-corrected chi connectivity index (χ1v) is 16.2. The Kier molecular flexibility index (Phi) is 13.0. The van der Waals surface area contributed by atoms with Gasteiger partial charge in [0.05, 0.1) is 25.3 Å². The fourth-order valence-electron chi connectivity index (χ4n) is 5.30. The maximum Gasteiger partial charge on any atom is 0.342 e. The zero-order chi connectivity index (χ0) is 33.6. The lowest BCUT2D eigenvalue weighted by Crippen LogP contribution is -2.25. The van der Waals surface area contributed by atoms with Crippen molar-refractivity contribution in [2.75, 3.05) is 13.2 Å². The van der Waals surface area contributed by atoms with Crippen molar-refractivity contribution in [3.8, 4) is 23.3 Å². The molecule has 0 bridgehead atoms. The van der Waals surface area contributed by atoms with Crippen molar-refractivity contribution in [1.29, 1.82) is 0 Å². The number of hydrogen-bond acceptors (Lipinski definition) is 7. The number of unbranched alkanes of at least 4 members (excludes halogenated alkanes) is 3. The van der Waals surface area contributed by atoms with E-state index >= 15 is 0 Å². The van der Waals surface area contributed by atoms with Crippen molar-refractivity contribution in [1.82, 2.24) is 0 Å². The molecule has 8 nitrogen and oxygen atoms in total. The summed E-state index contributed by atoms with van der Waals surface area (Å²) in [5.41, 5.74) is 1.03. The Balaban J connectivity index is 1.28. The first kappa shape index (κ1) is 34.8. The minimum absolute atomic E-state index is 0.0527. The van der Waals surface area contributed by atoms with Crippen molar-refractivity contribution in [2.24, 2.45) is 5.92 Å². The molecule has 0 spiro atoms. The van der Waals surface area contributed by atoms with Gasteiger partial charge < -0.3 is 18.9 Å². The molecule has 4 rings (SSSR count). The molecule has 1 aliphatic rings. The minimum atomic E-state index is -0.608. The second-order valence-electron chi connectivity index (χ2n) is 11.7. The van der Waals surface area contributed by atoms with E-state index in [1.54, 1.807) is 19.1 Å². The van der Waals surface area contributed by atoms with Gasteiger partial charge in [0.1, 0.15) is 17.6 Å². The number of carbonyl (C=O) groups excluding carboxylic acids is 3. The van der Waals surface area contributed by atoms with Crippen molar-refractivity contribution in [3.63, 3.8) is 0 Å². The highest BCUT2D eigenvalue weighted by Gasteiger charge is 2.25. The van der Waals surface area contributed by atoms with Gasteiger partial charge >= 0.3 is 17.9 Å². The summed E-state index contributed by atoms with van der Waals surface area (Å²) in [6, 6.07) is 15.3. The summed E-state index contributed by atoms with van der Waals surface area (Å²) >= 11 is 0. The van der Waals surface area contributed by atoms with Crippen molar-refractivity contribution < 1.29 is 33.3 Å². The van der Waals surface area contributed by atoms with Crippen LogP contribution in [0.3, 0.4) is 0 Å². The van der Waals surface area contributed by atoms with E-state index in [-0.39, 0.29) is 35.0 Å². The van der Waals surface area contributed by atoms with E-state index in [9.17, 15) is 14.4 Å². The van der Waals surface area contributed by atoms with Crippen molar-refractivity contribution in [3.05, 3.63) is 89.3 Å². The summed E-state index contributed by atoms with van der Waals surface area (Å²) in [5, 5.41) is 1.75. The van der Waals surface area contributed by atoms with Crippen molar-refractivity contribution >= 4 is 34.4 Å². The summed E-state index contributed by atoms with van der Waals surface area (Å²) in [6.45, 7) is 15.8. The molecular formula is C39H41NO7. The predicted octanol–water partition coefficient (Wildman–Crippen LogP) is 8.80. The molecule has 0 N–H and O–H groups in total. The van der Waals surface area contributed by atoms with Gasteiger partial charge in [0, 0.05) is 23.5 Å². The third-order valence-electron chi connectivity index (χ3n) is 7.84. The number of hydrogen-bond donors (Lipinski definition) is 0. The van der Waals surface area contributed by atoms with E-state index in [1.807, 2.05) is 31.2 Å². The second-order valence-corrected chi connectivity index (χ2v) is 11.7. The molecule has 0 aromatic heterocycles. The lowest BCUT2D eigenvalue weighted by molar-refractivity contribution is -0.139. The lowest BCUT2D eigenvalue weighted by atomic mass is 9.87. The highest BCUT2D eigenvalue weighted by Crippen LogP contribution is 2.32. The zero-order valence-electron chi connectivity index (χ0n) is 27.1. The SMILES string of the molecule is [C-]#[N+]c1cc(C(=O)OC2CCCC(C#CCC)C2)ccc1OC(=O)c1ccc2cc(OCCCCCCOC(=O)C(=C)C)ccc2c1. The molecule has 2 atom stereocenters. The molecule has 0 amide bonds. The van der Waals surface area contributed by atoms with Crippen LogP contribution in [-0.2, 0) is 14.3 Å². The van der Waals surface area contributed by atoms with Gasteiger partial charge in [-0.25, -0.2) is 19.2 Å². The van der Waals surface area contributed by atoms with Crippen LogP contribution in [0.5, 0.6) is 11.5 Å². The van der Waals surface area contributed by atoms with Gasteiger partial charge in [0.25, 0.3) is 0 Å². The van der Waals surface area contributed by atoms with Gasteiger partial charge in [-0.15, -0.1) is 5.92 Å². The number of fused-ring (bicyclic) bond motifs is 1. The third kappa shape index (κ3) is 10.5. The normalized spacial score (nSPS) is 15.4. The van der Waals surface area contributed by atoms with E-state index in [1.165, 1.54) is 18.2 Å². The summed E-state index contributed by atoms with van der Waals surface area (Å²) in [5.74, 6) is 5.95. The van der Waals surface area contributed by atoms with E-state index in [4.69, 9.17) is 25.5 Å². The van der Waals surface area contributed by atoms with Gasteiger partial charge in [0.2, 0.25) is 5.69 Å². The molecule has 2 unspecified atom stereocenters. The fraction of sp³-hybridized carbons (Fsp3) is 0.385. The number of rotatable bonds is 13. The van der Waals surface area contributed by atoms with Crippen LogP contribution in [0.15, 0.2) is 66.7 Å². The van der Waals surface area contributed by atoms with Crippen LogP contribution in [0.1, 0.15) is 92.4 Å². The van der Waals surface area contributed by atoms with Crippen molar-refractivity contribution in [2.45, 2.75) is 77.7 Å². The molecule has 0 saturated heterocycles.